The number of hydrogen-bond acceptors (Lipinski definition) is 5. The van der Waals surface area contributed by atoms with Crippen LogP contribution in [0.5, 0.6) is 5.75 Å². The highest BCUT2D eigenvalue weighted by atomic mass is 35.5. The highest BCUT2D eigenvalue weighted by molar-refractivity contribution is 6.33. The van der Waals surface area contributed by atoms with Crippen LogP contribution in [0.1, 0.15) is 27.0 Å². The van der Waals surface area contributed by atoms with Gasteiger partial charge < -0.3 is 10.1 Å². The minimum Gasteiger partial charge on any atom is -0.489 e. The number of aryl methyl sites for hydroxylation is 1. The lowest BCUT2D eigenvalue weighted by Gasteiger charge is -2.09. The first kappa shape index (κ1) is 23.9. The summed E-state index contributed by atoms with van der Waals surface area (Å²) in [6.45, 7) is 1.96. The van der Waals surface area contributed by atoms with Crippen LogP contribution in [0.25, 0.3) is 0 Å². The van der Waals surface area contributed by atoms with Crippen molar-refractivity contribution in [2.75, 3.05) is 5.32 Å². The molecule has 0 bridgehead atoms. The first-order valence-corrected chi connectivity index (χ1v) is 10.9. The van der Waals surface area contributed by atoms with Crippen molar-refractivity contribution in [3.8, 4) is 5.75 Å². The fraction of sp³-hybridized carbons (Fsp3) is 0.120. The lowest BCUT2D eigenvalue weighted by atomic mass is 10.1. The topological polar surface area (TPSA) is 99.3 Å². The van der Waals surface area contributed by atoms with Crippen molar-refractivity contribution in [3.63, 3.8) is 0 Å². The Hall–Kier alpha value is -4.24. The van der Waals surface area contributed by atoms with Crippen LogP contribution < -0.4 is 10.1 Å². The highest BCUT2D eigenvalue weighted by Gasteiger charge is 2.15. The molecule has 0 atom stereocenters. The molecule has 178 valence electrons. The van der Waals surface area contributed by atoms with E-state index in [0.717, 1.165) is 5.56 Å². The summed E-state index contributed by atoms with van der Waals surface area (Å²) < 4.78 is 21.1. The maximum atomic E-state index is 13.9. The molecule has 10 heteroatoms. The molecule has 0 unspecified atom stereocenters. The third kappa shape index (κ3) is 5.82. The summed E-state index contributed by atoms with van der Waals surface area (Å²) in [5, 5.41) is 18.1. The van der Waals surface area contributed by atoms with Crippen molar-refractivity contribution < 1.29 is 18.8 Å². The van der Waals surface area contributed by atoms with Gasteiger partial charge in [-0.3, -0.25) is 19.6 Å². The molecule has 0 aliphatic rings. The van der Waals surface area contributed by atoms with Gasteiger partial charge in [-0.05, 0) is 42.8 Å². The van der Waals surface area contributed by atoms with Crippen LogP contribution in [0.4, 0.5) is 15.9 Å². The normalized spacial score (nSPS) is 10.7. The summed E-state index contributed by atoms with van der Waals surface area (Å²) in [7, 11) is 0. The van der Waals surface area contributed by atoms with Crippen LogP contribution in [0, 0.1) is 22.9 Å². The molecule has 4 aromatic rings. The molecule has 1 heterocycles. The lowest BCUT2D eigenvalue weighted by Crippen LogP contribution is -2.13. The molecule has 0 aliphatic heterocycles. The van der Waals surface area contributed by atoms with Gasteiger partial charge in [0, 0.05) is 29.0 Å². The highest BCUT2D eigenvalue weighted by Crippen LogP contribution is 2.24. The Morgan fingerprint density at radius 1 is 1.17 bits per heavy atom. The van der Waals surface area contributed by atoms with Crippen LogP contribution in [0.3, 0.4) is 0 Å². The Morgan fingerprint density at radius 2 is 1.97 bits per heavy atom. The van der Waals surface area contributed by atoms with Crippen molar-refractivity contribution in [2.24, 2.45) is 0 Å². The molecule has 8 nitrogen and oxygen atoms in total. The largest absolute Gasteiger partial charge is 0.489 e. The third-order valence-electron chi connectivity index (χ3n) is 5.20. The summed E-state index contributed by atoms with van der Waals surface area (Å²) in [6, 6.07) is 17.7. The molecular weight excluding hydrogens is 475 g/mol. The molecule has 0 spiro atoms. The maximum Gasteiger partial charge on any atom is 0.272 e. The molecule has 3 aromatic carbocycles. The van der Waals surface area contributed by atoms with Gasteiger partial charge in [-0.2, -0.15) is 5.10 Å². The van der Waals surface area contributed by atoms with Crippen molar-refractivity contribution in [2.45, 2.75) is 20.1 Å². The van der Waals surface area contributed by atoms with Gasteiger partial charge in [0.2, 0.25) is 0 Å². The number of benzene rings is 3. The Kier molecular flexibility index (Phi) is 7.07. The van der Waals surface area contributed by atoms with E-state index < -0.39 is 10.8 Å². The average molecular weight is 495 g/mol. The van der Waals surface area contributed by atoms with E-state index in [0.29, 0.717) is 22.4 Å². The lowest BCUT2D eigenvalue weighted by molar-refractivity contribution is -0.385. The number of rotatable bonds is 8. The number of amides is 1. The Morgan fingerprint density at radius 3 is 2.71 bits per heavy atom. The maximum absolute atomic E-state index is 13.9. The molecule has 0 saturated carbocycles. The molecule has 1 aromatic heterocycles. The minimum atomic E-state index is -0.448. The Labute approximate surface area is 205 Å². The first-order chi connectivity index (χ1) is 16.8. The molecule has 1 N–H and O–H groups in total. The minimum absolute atomic E-state index is 0.0195. The summed E-state index contributed by atoms with van der Waals surface area (Å²) in [6.07, 6.45) is 1.51. The molecule has 4 rings (SSSR count). The standard InChI is InChI=1S/C25H20ClFN4O4/c1-16-11-20(9-10-23(16)31(33)34)35-15-17-5-4-7-18(12-17)25(32)28-24-21(26)14-30(29-24)13-19-6-2-3-8-22(19)27/h2-12,14H,13,15H2,1H3,(H,28,29,32). The van der Waals surface area contributed by atoms with Gasteiger partial charge in [-0.15, -0.1) is 0 Å². The van der Waals surface area contributed by atoms with Crippen LogP contribution in [-0.4, -0.2) is 20.6 Å². The molecule has 1 amide bonds. The summed E-state index contributed by atoms with van der Waals surface area (Å²) >= 11 is 6.22. The van der Waals surface area contributed by atoms with E-state index in [4.69, 9.17) is 16.3 Å². The number of nitrogens with zero attached hydrogens (tertiary/aromatic N) is 3. The number of halogens is 2. The van der Waals surface area contributed by atoms with Crippen molar-refractivity contribution in [1.29, 1.82) is 0 Å². The second kappa shape index (κ2) is 10.4. The van der Waals surface area contributed by atoms with E-state index in [1.54, 1.807) is 55.5 Å². The number of hydrogen-bond donors (Lipinski definition) is 1. The van der Waals surface area contributed by atoms with Gasteiger partial charge in [0.1, 0.15) is 23.2 Å². The molecule has 0 saturated heterocycles. The summed E-state index contributed by atoms with van der Waals surface area (Å²) in [5.41, 5.74) is 2.05. The van der Waals surface area contributed by atoms with Gasteiger partial charge in [-0.25, -0.2) is 4.39 Å². The number of nitro benzene ring substituents is 1. The van der Waals surface area contributed by atoms with Crippen molar-refractivity contribution in [3.05, 3.63) is 116 Å². The van der Waals surface area contributed by atoms with Crippen LogP contribution >= 0.6 is 11.6 Å². The summed E-state index contributed by atoms with van der Waals surface area (Å²) in [5.74, 6) is -0.130. The second-order valence-electron chi connectivity index (χ2n) is 7.76. The number of ether oxygens (including phenoxy) is 1. The fourth-order valence-corrected chi connectivity index (χ4v) is 3.63. The van der Waals surface area contributed by atoms with E-state index >= 15 is 0 Å². The van der Waals surface area contributed by atoms with Gasteiger partial charge in [-0.1, -0.05) is 41.9 Å². The molecule has 0 aliphatic carbocycles. The van der Waals surface area contributed by atoms with Gasteiger partial charge >= 0.3 is 0 Å². The first-order valence-electron chi connectivity index (χ1n) is 10.5. The van der Waals surface area contributed by atoms with Crippen molar-refractivity contribution in [1.82, 2.24) is 9.78 Å². The van der Waals surface area contributed by atoms with Gasteiger partial charge in [0.05, 0.1) is 11.5 Å². The predicted octanol–water partition coefficient (Wildman–Crippen LogP) is 5.77. The average Bonchev–Trinajstić information content (AvgIpc) is 3.17. The fourth-order valence-electron chi connectivity index (χ4n) is 3.44. The Balaban J connectivity index is 1.41. The zero-order valence-corrected chi connectivity index (χ0v) is 19.3. The number of carbonyl (C=O) groups excluding carboxylic acids is 1. The molecule has 0 fully saturated rings. The van der Waals surface area contributed by atoms with Crippen LogP contribution in [-0.2, 0) is 13.2 Å². The Bertz CT molecular complexity index is 1410. The predicted molar refractivity (Wildman–Crippen MR) is 129 cm³/mol. The summed E-state index contributed by atoms with van der Waals surface area (Å²) in [4.78, 5) is 23.3. The van der Waals surface area contributed by atoms with E-state index in [2.05, 4.69) is 10.4 Å². The van der Waals surface area contributed by atoms with E-state index in [-0.39, 0.29) is 35.5 Å². The van der Waals surface area contributed by atoms with Gasteiger partial charge in [0.25, 0.3) is 11.6 Å². The van der Waals surface area contributed by atoms with E-state index in [9.17, 15) is 19.3 Å². The number of nitro groups is 1. The number of nitrogens with one attached hydrogen (secondary N) is 1. The quantitative estimate of drug-likeness (QED) is 0.247. The van der Waals surface area contributed by atoms with Crippen LogP contribution in [0.15, 0.2) is 72.9 Å². The van der Waals surface area contributed by atoms with E-state index in [1.165, 1.54) is 29.1 Å². The smallest absolute Gasteiger partial charge is 0.272 e. The van der Waals surface area contributed by atoms with Crippen molar-refractivity contribution >= 4 is 29.0 Å². The number of anilines is 1. The van der Waals surface area contributed by atoms with Crippen LogP contribution in [0.2, 0.25) is 5.02 Å². The van der Waals surface area contributed by atoms with E-state index in [1.807, 2.05) is 0 Å². The third-order valence-corrected chi connectivity index (χ3v) is 5.48. The SMILES string of the molecule is Cc1cc(OCc2cccc(C(=O)Nc3nn(Cc4ccccc4F)cc3Cl)c2)ccc1[N+](=O)[O-]. The second-order valence-corrected chi connectivity index (χ2v) is 8.17. The molecule has 0 radical (unpaired) electrons. The molecule has 35 heavy (non-hydrogen) atoms. The number of carbonyl (C=O) groups is 1. The molecular formula is C25H20ClFN4O4. The monoisotopic (exact) mass is 494 g/mol. The zero-order chi connectivity index (χ0) is 24.9. The zero-order valence-electron chi connectivity index (χ0n) is 18.6. The van der Waals surface area contributed by atoms with Gasteiger partial charge in [0.15, 0.2) is 5.82 Å². The number of aromatic nitrogens is 2.